The molecule has 0 atom stereocenters. The second kappa shape index (κ2) is 6.85. The highest BCUT2D eigenvalue weighted by Gasteiger charge is 2.19. The number of carbonyl (C=O) groups excluding carboxylic acids is 1. The van der Waals surface area contributed by atoms with Crippen LogP contribution in [-0.4, -0.2) is 17.4 Å². The highest BCUT2D eigenvalue weighted by Crippen LogP contribution is 2.22. The summed E-state index contributed by atoms with van der Waals surface area (Å²) in [5, 5.41) is 13.9. The molecule has 0 aliphatic carbocycles. The van der Waals surface area contributed by atoms with Crippen molar-refractivity contribution in [1.29, 1.82) is 0 Å². The highest BCUT2D eigenvalue weighted by molar-refractivity contribution is 6.31. The van der Waals surface area contributed by atoms with Gasteiger partial charge < -0.3 is 5.32 Å². The van der Waals surface area contributed by atoms with Gasteiger partial charge in [0.25, 0.3) is 11.6 Å². The first kappa shape index (κ1) is 15.0. The van der Waals surface area contributed by atoms with Crippen LogP contribution in [0.4, 0.5) is 5.69 Å². The summed E-state index contributed by atoms with van der Waals surface area (Å²) in [6.45, 7) is 0.395. The molecular formula is C15H13ClN2O3. The predicted molar refractivity (Wildman–Crippen MR) is 80.6 cm³/mol. The second-order valence-corrected chi connectivity index (χ2v) is 4.85. The van der Waals surface area contributed by atoms with Gasteiger partial charge in [0.05, 0.1) is 4.92 Å². The predicted octanol–water partition coefficient (Wildman–Crippen LogP) is 3.22. The Kier molecular flexibility index (Phi) is 4.90. The van der Waals surface area contributed by atoms with Crippen molar-refractivity contribution in [3.8, 4) is 0 Å². The molecule has 5 nitrogen and oxygen atoms in total. The third-order valence-electron chi connectivity index (χ3n) is 2.94. The molecule has 2 aromatic carbocycles. The van der Waals surface area contributed by atoms with E-state index in [9.17, 15) is 14.9 Å². The van der Waals surface area contributed by atoms with Gasteiger partial charge in [0.2, 0.25) is 0 Å². The van der Waals surface area contributed by atoms with Crippen LogP contribution in [0.2, 0.25) is 5.02 Å². The zero-order valence-electron chi connectivity index (χ0n) is 11.1. The summed E-state index contributed by atoms with van der Waals surface area (Å²) in [5.74, 6) is -0.500. The van der Waals surface area contributed by atoms with Crippen LogP contribution in [0.25, 0.3) is 0 Å². The van der Waals surface area contributed by atoms with E-state index >= 15 is 0 Å². The Morgan fingerprint density at radius 2 is 1.90 bits per heavy atom. The summed E-state index contributed by atoms with van der Waals surface area (Å²) in [6.07, 6.45) is 0.654. The van der Waals surface area contributed by atoms with Crippen LogP contribution in [0.15, 0.2) is 48.5 Å². The van der Waals surface area contributed by atoms with E-state index in [2.05, 4.69) is 5.32 Å². The number of rotatable bonds is 5. The van der Waals surface area contributed by atoms with Gasteiger partial charge in [-0.05, 0) is 24.1 Å². The van der Waals surface area contributed by atoms with Crippen LogP contribution in [-0.2, 0) is 6.42 Å². The minimum Gasteiger partial charge on any atom is -0.351 e. The quantitative estimate of drug-likeness (QED) is 0.681. The lowest BCUT2D eigenvalue weighted by atomic mass is 10.1. The standard InChI is InChI=1S/C15H13ClN2O3/c16-12-6-7-14(18(20)21)13(10-12)15(19)17-9-8-11-4-2-1-3-5-11/h1-7,10H,8-9H2,(H,17,19). The first-order chi connectivity index (χ1) is 10.1. The van der Waals surface area contributed by atoms with Crippen molar-refractivity contribution in [2.45, 2.75) is 6.42 Å². The monoisotopic (exact) mass is 304 g/mol. The molecule has 108 valence electrons. The lowest BCUT2D eigenvalue weighted by molar-refractivity contribution is -0.385. The molecule has 0 saturated carbocycles. The average molecular weight is 305 g/mol. The van der Waals surface area contributed by atoms with E-state index in [1.165, 1.54) is 18.2 Å². The topological polar surface area (TPSA) is 72.2 Å². The van der Waals surface area contributed by atoms with Crippen molar-refractivity contribution in [3.05, 3.63) is 74.8 Å². The first-order valence-electron chi connectivity index (χ1n) is 6.34. The molecule has 0 saturated heterocycles. The number of nitro benzene ring substituents is 1. The largest absolute Gasteiger partial charge is 0.351 e. The van der Waals surface area contributed by atoms with E-state index in [-0.39, 0.29) is 16.3 Å². The fourth-order valence-corrected chi connectivity index (χ4v) is 2.08. The van der Waals surface area contributed by atoms with Crippen molar-refractivity contribution in [3.63, 3.8) is 0 Å². The fourth-order valence-electron chi connectivity index (χ4n) is 1.91. The Hall–Kier alpha value is -2.40. The smallest absolute Gasteiger partial charge is 0.282 e. The van der Waals surface area contributed by atoms with Crippen LogP contribution in [0, 0.1) is 10.1 Å². The van der Waals surface area contributed by atoms with E-state index < -0.39 is 10.8 Å². The molecule has 0 spiro atoms. The van der Waals surface area contributed by atoms with Gasteiger partial charge in [0.15, 0.2) is 0 Å². The lowest BCUT2D eigenvalue weighted by Gasteiger charge is -2.06. The SMILES string of the molecule is O=C(NCCc1ccccc1)c1cc(Cl)ccc1[N+](=O)[O-]. The van der Waals surface area contributed by atoms with E-state index in [1.807, 2.05) is 30.3 Å². The first-order valence-corrected chi connectivity index (χ1v) is 6.72. The summed E-state index contributed by atoms with van der Waals surface area (Å²) >= 11 is 5.79. The number of hydrogen-bond donors (Lipinski definition) is 1. The van der Waals surface area contributed by atoms with Crippen molar-refractivity contribution in [2.24, 2.45) is 0 Å². The molecule has 0 fully saturated rings. The second-order valence-electron chi connectivity index (χ2n) is 4.41. The number of hydrogen-bond acceptors (Lipinski definition) is 3. The number of amides is 1. The highest BCUT2D eigenvalue weighted by atomic mass is 35.5. The summed E-state index contributed by atoms with van der Waals surface area (Å²) in [4.78, 5) is 22.4. The zero-order chi connectivity index (χ0) is 15.2. The fraction of sp³-hybridized carbons (Fsp3) is 0.133. The summed E-state index contributed by atoms with van der Waals surface area (Å²) in [7, 11) is 0. The van der Waals surface area contributed by atoms with Crippen LogP contribution >= 0.6 is 11.6 Å². The molecule has 0 unspecified atom stereocenters. The number of halogens is 1. The molecule has 2 aromatic rings. The van der Waals surface area contributed by atoms with Gasteiger partial charge in [-0.25, -0.2) is 0 Å². The maximum atomic E-state index is 12.0. The third-order valence-corrected chi connectivity index (χ3v) is 3.18. The van der Waals surface area contributed by atoms with Gasteiger partial charge in [-0.1, -0.05) is 41.9 Å². The van der Waals surface area contributed by atoms with Crippen LogP contribution < -0.4 is 5.32 Å². The molecule has 0 radical (unpaired) electrons. The van der Waals surface area contributed by atoms with Crippen LogP contribution in [0.3, 0.4) is 0 Å². The van der Waals surface area contributed by atoms with Gasteiger partial charge in [-0.3, -0.25) is 14.9 Å². The summed E-state index contributed by atoms with van der Waals surface area (Å²) in [5.41, 5.74) is 0.801. The zero-order valence-corrected chi connectivity index (χ0v) is 11.8. The molecule has 2 rings (SSSR count). The van der Waals surface area contributed by atoms with E-state index in [0.29, 0.717) is 13.0 Å². The molecular weight excluding hydrogens is 292 g/mol. The average Bonchev–Trinajstić information content (AvgIpc) is 2.47. The minimum absolute atomic E-state index is 0.0273. The van der Waals surface area contributed by atoms with E-state index in [0.717, 1.165) is 5.56 Å². The number of benzene rings is 2. The molecule has 0 heterocycles. The van der Waals surface area contributed by atoms with Crippen molar-refractivity contribution in [2.75, 3.05) is 6.54 Å². The van der Waals surface area contributed by atoms with Gasteiger partial charge in [0.1, 0.15) is 5.56 Å². The lowest BCUT2D eigenvalue weighted by Crippen LogP contribution is -2.26. The Balaban J connectivity index is 2.03. The molecule has 0 aliphatic rings. The van der Waals surface area contributed by atoms with Crippen LogP contribution in [0.1, 0.15) is 15.9 Å². The molecule has 21 heavy (non-hydrogen) atoms. The summed E-state index contributed by atoms with van der Waals surface area (Å²) in [6, 6.07) is 13.6. The van der Waals surface area contributed by atoms with Gasteiger partial charge >= 0.3 is 0 Å². The van der Waals surface area contributed by atoms with Gasteiger partial charge in [0, 0.05) is 17.6 Å². The number of nitro groups is 1. The molecule has 0 aliphatic heterocycles. The molecule has 0 aromatic heterocycles. The van der Waals surface area contributed by atoms with Crippen molar-refractivity contribution < 1.29 is 9.72 Å². The molecule has 0 bridgehead atoms. The van der Waals surface area contributed by atoms with Crippen LogP contribution in [0.5, 0.6) is 0 Å². The van der Waals surface area contributed by atoms with Gasteiger partial charge in [-0.15, -0.1) is 0 Å². The Bertz CT molecular complexity index is 659. The normalized spacial score (nSPS) is 10.1. The summed E-state index contributed by atoms with van der Waals surface area (Å²) < 4.78 is 0. The molecule has 1 N–H and O–H groups in total. The minimum atomic E-state index is -0.595. The maximum Gasteiger partial charge on any atom is 0.282 e. The molecule has 1 amide bonds. The Morgan fingerprint density at radius 1 is 1.19 bits per heavy atom. The van der Waals surface area contributed by atoms with E-state index in [1.54, 1.807) is 0 Å². The third kappa shape index (κ3) is 4.03. The van der Waals surface area contributed by atoms with Crippen molar-refractivity contribution in [1.82, 2.24) is 5.32 Å². The Morgan fingerprint density at radius 3 is 2.57 bits per heavy atom. The number of carbonyl (C=O) groups is 1. The Labute approximate surface area is 126 Å². The number of nitrogens with zero attached hydrogens (tertiary/aromatic N) is 1. The molecule has 6 heteroatoms. The maximum absolute atomic E-state index is 12.0. The van der Waals surface area contributed by atoms with Crippen molar-refractivity contribution >= 4 is 23.2 Å². The van der Waals surface area contributed by atoms with Gasteiger partial charge in [-0.2, -0.15) is 0 Å². The number of nitrogens with one attached hydrogen (secondary N) is 1. The van der Waals surface area contributed by atoms with E-state index in [4.69, 9.17) is 11.6 Å².